The number of nitrogens with zero attached hydrogens (tertiary/aromatic N) is 2. The van der Waals surface area contributed by atoms with Crippen LogP contribution in [-0.2, 0) is 20.7 Å². The third-order valence-electron chi connectivity index (χ3n) is 3.25. The first-order valence-corrected chi connectivity index (χ1v) is 11.6. The Bertz CT molecular complexity index is 948. The first kappa shape index (κ1) is 23.4. The highest BCUT2D eigenvalue weighted by molar-refractivity contribution is 14.1. The number of hydrogen-bond acceptors (Lipinski definition) is 7. The smallest absolute Gasteiger partial charge is 0.363 e. The molecule has 1 aromatic heterocycles. The molecule has 3 N–H and O–H groups in total. The van der Waals surface area contributed by atoms with E-state index in [9.17, 15) is 14.5 Å². The predicted octanol–water partition coefficient (Wildman–Crippen LogP) is 4.25. The van der Waals surface area contributed by atoms with E-state index in [0.29, 0.717) is 27.8 Å². The summed E-state index contributed by atoms with van der Waals surface area (Å²) in [7, 11) is -1.70. The minimum atomic E-state index is -3.23. The lowest BCUT2D eigenvalue weighted by Gasteiger charge is -2.18. The molecule has 1 aromatic carbocycles. The Morgan fingerprint density at radius 2 is 1.83 bits per heavy atom. The maximum Gasteiger partial charge on any atom is 0.363 e. The maximum atomic E-state index is 12.3. The summed E-state index contributed by atoms with van der Waals surface area (Å²) in [6, 6.07) is 8.54. The number of para-hydroxylation sites is 1. The summed E-state index contributed by atoms with van der Waals surface area (Å²) in [6.45, 7) is 8.19. The molecule has 0 aliphatic carbocycles. The first-order chi connectivity index (χ1) is 15.7. The number of nitrogen functional groups attached to an aromatic ring is 1. The van der Waals surface area contributed by atoms with Crippen molar-refractivity contribution in [1.29, 1.82) is 5.26 Å². The zero-order valence-corrected chi connectivity index (χ0v) is 20.2. The van der Waals surface area contributed by atoms with Crippen LogP contribution in [0.25, 0.3) is 0 Å². The lowest BCUT2D eigenvalue weighted by molar-refractivity contribution is 0.230. The van der Waals surface area contributed by atoms with Gasteiger partial charge in [0.15, 0.2) is 11.3 Å². The topological polar surface area (TPSA) is 128 Å². The van der Waals surface area contributed by atoms with Crippen molar-refractivity contribution in [2.24, 2.45) is 7.05 Å². The van der Waals surface area contributed by atoms with Crippen LogP contribution < -0.4 is 16.6 Å². The molecular weight excluding hydrogens is 508 g/mol. The van der Waals surface area contributed by atoms with Gasteiger partial charge in [0.2, 0.25) is 0 Å². The van der Waals surface area contributed by atoms with Gasteiger partial charge in [-0.2, -0.15) is 5.26 Å². The molecule has 164 valence electrons. The number of aromatic hydroxyl groups is 1. The fourth-order valence-electron chi connectivity index (χ4n) is 2.04. The van der Waals surface area contributed by atoms with Gasteiger partial charge in [-0.3, -0.25) is 9.36 Å². The lowest BCUT2D eigenvalue weighted by Crippen LogP contribution is -2.19. The van der Waals surface area contributed by atoms with Crippen LogP contribution in [0.4, 0.5) is 5.69 Å². The number of benzene rings is 1. The zero-order chi connectivity index (χ0) is 26.6. The van der Waals surface area contributed by atoms with E-state index in [4.69, 9.17) is 26.0 Å². The maximum absolute atomic E-state index is 12.3. The molecule has 0 fully saturated rings. The van der Waals surface area contributed by atoms with Gasteiger partial charge < -0.3 is 24.5 Å². The van der Waals surface area contributed by atoms with Crippen LogP contribution in [0.15, 0.2) is 35.3 Å². The summed E-state index contributed by atoms with van der Waals surface area (Å²) in [6.07, 6.45) is 1.47. The number of hydrogen-bond donors (Lipinski definition) is 2. The number of nitriles is 1. The van der Waals surface area contributed by atoms with Crippen LogP contribution in [0.1, 0.15) is 39.2 Å². The quantitative estimate of drug-likeness (QED) is 0.328. The summed E-state index contributed by atoms with van der Waals surface area (Å²) >= 11 is 1.85. The van der Waals surface area contributed by atoms with E-state index in [1.54, 1.807) is 44.2 Å². The molecule has 0 saturated carbocycles. The van der Waals surface area contributed by atoms with Gasteiger partial charge in [-0.1, -0.05) is 26.0 Å². The molecular formula is C19H31IN3O5P. The van der Waals surface area contributed by atoms with E-state index >= 15 is 0 Å². The third-order valence-corrected chi connectivity index (χ3v) is 6.23. The van der Waals surface area contributed by atoms with E-state index in [-0.39, 0.29) is 11.3 Å². The van der Waals surface area contributed by atoms with Crippen molar-refractivity contribution in [1.82, 2.24) is 4.57 Å². The van der Waals surface area contributed by atoms with Crippen molar-refractivity contribution >= 4 is 41.2 Å². The molecule has 0 amide bonds. The van der Waals surface area contributed by atoms with Gasteiger partial charge >= 0.3 is 7.60 Å². The van der Waals surface area contributed by atoms with Crippen LogP contribution in [0.3, 0.4) is 0 Å². The predicted molar refractivity (Wildman–Crippen MR) is 128 cm³/mol. The molecule has 2 rings (SSSR count). The molecule has 2 aromatic rings. The zero-order valence-electron chi connectivity index (χ0n) is 21.2. The number of anilines is 1. The van der Waals surface area contributed by atoms with E-state index in [1.807, 2.05) is 36.4 Å². The average molecular weight is 543 g/mol. The second-order valence-electron chi connectivity index (χ2n) is 5.12. The van der Waals surface area contributed by atoms with Crippen molar-refractivity contribution in [2.45, 2.75) is 27.7 Å². The van der Waals surface area contributed by atoms with E-state index in [2.05, 4.69) is 0 Å². The molecule has 0 radical (unpaired) electrons. The fourth-order valence-corrected chi connectivity index (χ4v) is 4.42. The number of aromatic nitrogens is 1. The molecule has 1 heterocycles. The van der Waals surface area contributed by atoms with E-state index in [0.717, 1.165) is 0 Å². The molecule has 0 bridgehead atoms. The molecule has 8 nitrogen and oxygen atoms in total. The van der Waals surface area contributed by atoms with Gasteiger partial charge in [-0.15, -0.1) is 0 Å². The second-order valence-corrected chi connectivity index (χ2v) is 8.28. The summed E-state index contributed by atoms with van der Waals surface area (Å²) in [4.78, 5) is 11.1. The van der Waals surface area contributed by atoms with Crippen LogP contribution >= 0.6 is 30.2 Å². The number of aryl methyl sites for hydroxylation is 1. The van der Waals surface area contributed by atoms with Gasteiger partial charge in [0.05, 0.1) is 22.1 Å². The second kappa shape index (κ2) is 13.4. The molecule has 0 aliphatic heterocycles. The molecule has 0 saturated heterocycles. The largest absolute Gasteiger partial charge is 0.505 e. The highest BCUT2D eigenvalue weighted by atomic mass is 127. The van der Waals surface area contributed by atoms with Gasteiger partial charge in [0, 0.05) is 24.9 Å². The Morgan fingerprint density at radius 1 is 1.31 bits per heavy atom. The van der Waals surface area contributed by atoms with Crippen molar-refractivity contribution in [3.8, 4) is 11.8 Å². The number of halogens is 1. The summed E-state index contributed by atoms with van der Waals surface area (Å²) < 4.78 is 44.4. The number of nitrogens with two attached hydrogens (primary N) is 1. The number of pyridine rings is 1. The van der Waals surface area contributed by atoms with Crippen LogP contribution in [0.5, 0.6) is 5.75 Å². The molecule has 0 unspecified atom stereocenters. The van der Waals surface area contributed by atoms with Crippen LogP contribution in [0.2, 0.25) is 0 Å². The Balaban J connectivity index is -0.000000450. The normalized spacial score (nSPS) is 10.7. The molecule has 0 atom stereocenters. The number of rotatable bonds is 5. The minimum Gasteiger partial charge on any atom is -0.505 e. The molecule has 10 heteroatoms. The Morgan fingerprint density at radius 3 is 2.28 bits per heavy atom. The fraction of sp³-hybridized carbons (Fsp3) is 0.368. The van der Waals surface area contributed by atoms with Gasteiger partial charge in [0.1, 0.15) is 6.07 Å². The molecule has 29 heavy (non-hydrogen) atoms. The van der Waals surface area contributed by atoms with Gasteiger partial charge in [0.25, 0.3) is 5.56 Å². The van der Waals surface area contributed by atoms with E-state index in [1.165, 1.54) is 17.8 Å². The molecule has 0 aliphatic rings. The van der Waals surface area contributed by atoms with Gasteiger partial charge in [-0.25, -0.2) is 0 Å². The third kappa shape index (κ3) is 7.48. The van der Waals surface area contributed by atoms with Gasteiger partial charge in [-0.05, 0) is 48.6 Å². The summed E-state index contributed by atoms with van der Waals surface area (Å²) in [5.74, 6) is -0.235. The Hall–Kier alpha value is -1.86. The van der Waals surface area contributed by atoms with Crippen LogP contribution in [0, 0.1) is 14.9 Å². The highest BCUT2D eigenvalue weighted by Gasteiger charge is 2.28. The summed E-state index contributed by atoms with van der Waals surface area (Å²) in [5.41, 5.74) is 5.49. The van der Waals surface area contributed by atoms with E-state index < -0.39 is 13.2 Å². The SMILES string of the molecule is CC.CCOP(=O)(OCC)c1ccccc1N.Cn1cc(I)c(O)c(C#N)c1=O.[2H][2H].[2H][2H]. The van der Waals surface area contributed by atoms with Crippen LogP contribution in [-0.4, -0.2) is 22.9 Å². The standard InChI is InChI=1S/C10H16NO3P.C7H5IN2O2.C2H6.2H2/c1-3-13-15(12,14-4-2)10-8-6-5-7-9(10)11;1-10-3-5(8)6(11)4(2-9)7(10)12;1-2;;/h5-8H,3-4,11H2,1-2H3;3,11H,1H3;1-2H3;2*1H/i;;;2*1+1D. The first-order valence-electron chi connectivity index (χ1n) is 10.9. The van der Waals surface area contributed by atoms with Crippen molar-refractivity contribution in [2.75, 3.05) is 18.9 Å². The highest BCUT2D eigenvalue weighted by Crippen LogP contribution is 2.48. The molecule has 0 spiro atoms. The monoisotopic (exact) mass is 543 g/mol. The van der Waals surface area contributed by atoms with Crippen molar-refractivity contribution < 1.29 is 24.7 Å². The lowest BCUT2D eigenvalue weighted by atomic mass is 10.3. The average Bonchev–Trinajstić information content (AvgIpc) is 2.83. The summed E-state index contributed by atoms with van der Waals surface area (Å²) in [5, 5.41) is 18.2. The van der Waals surface area contributed by atoms with Crippen molar-refractivity contribution in [3.05, 3.63) is 49.9 Å². The Kier molecular flexibility index (Phi) is 10.8. The minimum absolute atomic E-state index is 0.204. The van der Waals surface area contributed by atoms with Crippen molar-refractivity contribution in [3.63, 3.8) is 0 Å². The Labute approximate surface area is 191 Å².